The summed E-state index contributed by atoms with van der Waals surface area (Å²) in [5.41, 5.74) is 0.802. The summed E-state index contributed by atoms with van der Waals surface area (Å²) in [5.74, 6) is 0.681. The van der Waals surface area contributed by atoms with Gasteiger partial charge in [-0.15, -0.1) is 0 Å². The highest BCUT2D eigenvalue weighted by molar-refractivity contribution is 5.27. The molecule has 5 heteroatoms. The number of hydrogen-bond donors (Lipinski definition) is 1. The third-order valence-corrected chi connectivity index (χ3v) is 3.43. The quantitative estimate of drug-likeness (QED) is 0.745. The second-order valence-corrected chi connectivity index (χ2v) is 4.65. The van der Waals surface area contributed by atoms with Crippen molar-refractivity contribution >= 4 is 0 Å². The van der Waals surface area contributed by atoms with E-state index in [2.05, 4.69) is 30.8 Å². The van der Waals surface area contributed by atoms with Crippen LogP contribution in [0.2, 0.25) is 0 Å². The Labute approximate surface area is 116 Å². The molecular formula is C14H27N3O2. The maximum absolute atomic E-state index is 10.4. The highest BCUT2D eigenvalue weighted by Gasteiger charge is 2.20. The number of rotatable bonds is 9. The molecule has 0 bridgehead atoms. The van der Waals surface area contributed by atoms with Gasteiger partial charge in [-0.25, -0.2) is 0 Å². The second-order valence-electron chi connectivity index (χ2n) is 4.65. The van der Waals surface area contributed by atoms with Crippen molar-refractivity contribution in [1.82, 2.24) is 14.7 Å². The van der Waals surface area contributed by atoms with Crippen molar-refractivity contribution < 1.29 is 9.84 Å². The number of methoxy groups -OCH3 is 1. The number of ether oxygens (including phenoxy) is 1. The second kappa shape index (κ2) is 8.17. The van der Waals surface area contributed by atoms with Crippen LogP contribution in [0, 0.1) is 0 Å². The van der Waals surface area contributed by atoms with Crippen LogP contribution in [0.4, 0.5) is 0 Å². The molecular weight excluding hydrogens is 242 g/mol. The number of aryl methyl sites for hydroxylation is 1. The topological polar surface area (TPSA) is 50.5 Å². The normalized spacial score (nSPS) is 12.9. The maximum Gasteiger partial charge on any atom is 0.162 e. The number of aliphatic hydroxyl groups is 1. The fourth-order valence-electron chi connectivity index (χ4n) is 2.24. The van der Waals surface area contributed by atoms with E-state index in [9.17, 15) is 5.11 Å². The highest BCUT2D eigenvalue weighted by atomic mass is 16.5. The van der Waals surface area contributed by atoms with E-state index in [-0.39, 0.29) is 0 Å². The molecule has 1 unspecified atom stereocenters. The molecule has 0 fully saturated rings. The van der Waals surface area contributed by atoms with Gasteiger partial charge in [0.25, 0.3) is 0 Å². The molecule has 0 aliphatic rings. The molecule has 0 saturated carbocycles. The molecule has 110 valence electrons. The Morgan fingerprint density at radius 1 is 1.37 bits per heavy atom. The zero-order valence-corrected chi connectivity index (χ0v) is 12.6. The monoisotopic (exact) mass is 269 g/mol. The summed E-state index contributed by atoms with van der Waals surface area (Å²) in [6.07, 6.45) is 2.85. The third kappa shape index (κ3) is 4.21. The van der Waals surface area contributed by atoms with Gasteiger partial charge in [0.15, 0.2) is 5.75 Å². The van der Waals surface area contributed by atoms with Gasteiger partial charge in [-0.2, -0.15) is 5.10 Å². The summed E-state index contributed by atoms with van der Waals surface area (Å²) < 4.78 is 7.15. The molecule has 1 atom stereocenters. The van der Waals surface area contributed by atoms with E-state index in [1.807, 2.05) is 4.68 Å². The molecule has 0 saturated heterocycles. The number of aromatic nitrogens is 2. The first kappa shape index (κ1) is 16.0. The van der Waals surface area contributed by atoms with Crippen molar-refractivity contribution in [3.05, 3.63) is 11.9 Å². The first-order valence-corrected chi connectivity index (χ1v) is 7.17. The fraction of sp³-hybridized carbons (Fsp3) is 0.786. The first-order chi connectivity index (χ1) is 9.17. The van der Waals surface area contributed by atoms with Gasteiger partial charge in [0.1, 0.15) is 11.8 Å². The molecule has 1 rings (SSSR count). The minimum Gasteiger partial charge on any atom is -0.493 e. The molecule has 0 amide bonds. The van der Waals surface area contributed by atoms with Gasteiger partial charge < -0.3 is 14.7 Å². The molecule has 1 aromatic rings. The van der Waals surface area contributed by atoms with Crippen LogP contribution in [-0.2, 0) is 6.54 Å². The van der Waals surface area contributed by atoms with Crippen molar-refractivity contribution in [2.75, 3.05) is 26.7 Å². The maximum atomic E-state index is 10.4. The molecule has 5 nitrogen and oxygen atoms in total. The minimum atomic E-state index is -0.524. The van der Waals surface area contributed by atoms with Gasteiger partial charge in [0, 0.05) is 13.1 Å². The molecule has 1 aromatic heterocycles. The Kier molecular flexibility index (Phi) is 6.87. The van der Waals surface area contributed by atoms with Crippen LogP contribution in [0.15, 0.2) is 6.20 Å². The largest absolute Gasteiger partial charge is 0.493 e. The average Bonchev–Trinajstić information content (AvgIpc) is 2.83. The van der Waals surface area contributed by atoms with Crippen LogP contribution in [0.25, 0.3) is 0 Å². The smallest absolute Gasteiger partial charge is 0.162 e. The van der Waals surface area contributed by atoms with Crippen LogP contribution in [0.1, 0.15) is 45.4 Å². The van der Waals surface area contributed by atoms with Crippen LogP contribution in [-0.4, -0.2) is 46.5 Å². The van der Waals surface area contributed by atoms with Crippen LogP contribution in [0.3, 0.4) is 0 Å². The molecule has 0 aromatic carbocycles. The summed E-state index contributed by atoms with van der Waals surface area (Å²) in [4.78, 5) is 2.30. The Hall–Kier alpha value is -1.07. The first-order valence-electron chi connectivity index (χ1n) is 7.17. The lowest BCUT2D eigenvalue weighted by Crippen LogP contribution is -2.25. The number of aliphatic hydroxyl groups excluding tert-OH is 1. The van der Waals surface area contributed by atoms with Gasteiger partial charge in [-0.1, -0.05) is 20.8 Å². The molecule has 0 spiro atoms. The van der Waals surface area contributed by atoms with Crippen molar-refractivity contribution in [3.63, 3.8) is 0 Å². The van der Waals surface area contributed by atoms with E-state index in [1.54, 1.807) is 13.3 Å². The summed E-state index contributed by atoms with van der Waals surface area (Å²) >= 11 is 0. The van der Waals surface area contributed by atoms with E-state index < -0.39 is 6.10 Å². The fourth-order valence-corrected chi connectivity index (χ4v) is 2.24. The van der Waals surface area contributed by atoms with Gasteiger partial charge in [-0.05, 0) is 25.9 Å². The number of hydrogen-bond acceptors (Lipinski definition) is 4. The Morgan fingerprint density at radius 2 is 2.05 bits per heavy atom. The third-order valence-electron chi connectivity index (χ3n) is 3.43. The van der Waals surface area contributed by atoms with Gasteiger partial charge >= 0.3 is 0 Å². The van der Waals surface area contributed by atoms with Crippen LogP contribution in [0.5, 0.6) is 5.75 Å². The molecule has 1 heterocycles. The van der Waals surface area contributed by atoms with E-state index in [4.69, 9.17) is 4.74 Å². The van der Waals surface area contributed by atoms with Gasteiger partial charge in [-0.3, -0.25) is 4.68 Å². The average molecular weight is 269 g/mol. The van der Waals surface area contributed by atoms with Crippen LogP contribution < -0.4 is 4.74 Å². The van der Waals surface area contributed by atoms with Crippen molar-refractivity contribution in [1.29, 1.82) is 0 Å². The molecule has 0 radical (unpaired) electrons. The molecule has 0 aliphatic carbocycles. The molecule has 1 N–H and O–H groups in total. The Morgan fingerprint density at radius 3 is 2.58 bits per heavy atom. The van der Waals surface area contributed by atoms with Gasteiger partial charge in [0.05, 0.1) is 13.3 Å². The highest BCUT2D eigenvalue weighted by Crippen LogP contribution is 2.27. The van der Waals surface area contributed by atoms with Crippen molar-refractivity contribution in [2.45, 2.75) is 46.3 Å². The van der Waals surface area contributed by atoms with Crippen molar-refractivity contribution in [2.24, 2.45) is 0 Å². The van der Waals surface area contributed by atoms with E-state index in [1.165, 1.54) is 0 Å². The zero-order valence-electron chi connectivity index (χ0n) is 12.6. The van der Waals surface area contributed by atoms with E-state index in [0.717, 1.165) is 38.3 Å². The predicted octanol–water partition coefficient (Wildman–Crippen LogP) is 2.07. The summed E-state index contributed by atoms with van der Waals surface area (Å²) in [6.45, 7) is 10.1. The Balaban J connectivity index is 2.73. The predicted molar refractivity (Wildman–Crippen MR) is 76.4 cm³/mol. The lowest BCUT2D eigenvalue weighted by molar-refractivity contribution is 0.132. The summed E-state index contributed by atoms with van der Waals surface area (Å²) in [6, 6.07) is 0. The van der Waals surface area contributed by atoms with E-state index >= 15 is 0 Å². The lowest BCUT2D eigenvalue weighted by atomic mass is 10.1. The standard InChI is InChI=1S/C14H27N3O2/c1-5-9-17-14(13(19-4)11-15-17)12(18)8-10-16(6-2)7-3/h11-12,18H,5-10H2,1-4H3. The molecule has 0 aliphatic heterocycles. The summed E-state index contributed by atoms with van der Waals surface area (Å²) in [5, 5.41) is 14.7. The SMILES string of the molecule is CCCn1ncc(OC)c1C(O)CCN(CC)CC. The van der Waals surface area contributed by atoms with E-state index in [0.29, 0.717) is 12.2 Å². The number of nitrogens with zero attached hydrogens (tertiary/aromatic N) is 3. The lowest BCUT2D eigenvalue weighted by Gasteiger charge is -2.21. The Bertz CT molecular complexity index is 362. The van der Waals surface area contributed by atoms with Crippen molar-refractivity contribution in [3.8, 4) is 5.75 Å². The minimum absolute atomic E-state index is 0.524. The van der Waals surface area contributed by atoms with Gasteiger partial charge in [0.2, 0.25) is 0 Å². The zero-order chi connectivity index (χ0) is 14.3. The van der Waals surface area contributed by atoms with Crippen LogP contribution >= 0.6 is 0 Å². The molecule has 19 heavy (non-hydrogen) atoms. The summed E-state index contributed by atoms with van der Waals surface area (Å²) in [7, 11) is 1.62.